The Morgan fingerprint density at radius 3 is 2.59 bits per heavy atom. The van der Waals surface area contributed by atoms with Crippen molar-refractivity contribution in [3.05, 3.63) is 87.0 Å². The van der Waals surface area contributed by atoms with E-state index in [1.165, 1.54) is 37.3 Å². The highest BCUT2D eigenvalue weighted by Crippen LogP contribution is 2.60. The van der Waals surface area contributed by atoms with Crippen LogP contribution in [-0.4, -0.2) is 28.2 Å². The summed E-state index contributed by atoms with van der Waals surface area (Å²) in [5, 5.41) is 20.5. The van der Waals surface area contributed by atoms with Crippen LogP contribution in [0.3, 0.4) is 0 Å². The van der Waals surface area contributed by atoms with Crippen LogP contribution in [0.4, 0.5) is 28.9 Å². The number of halogens is 4. The molecule has 2 aliphatic rings. The SMILES string of the molecule is Cc1noc([C@@H]2[C@@H](c3cccc(F)c3)[C@H](C(F)(F)F)N[C@@]23C(=O)Nc2ccccc23)c1[N+](=O)[O-]. The molecule has 3 aromatic rings. The third-order valence-corrected chi connectivity index (χ3v) is 6.43. The second-order valence-electron chi connectivity index (χ2n) is 8.27. The number of aryl methyl sites for hydroxylation is 1. The van der Waals surface area contributed by atoms with Crippen molar-refractivity contribution in [2.75, 3.05) is 5.32 Å². The molecule has 0 unspecified atom stereocenters. The lowest BCUT2D eigenvalue weighted by atomic mass is 9.71. The Hall–Kier alpha value is -3.80. The van der Waals surface area contributed by atoms with E-state index in [4.69, 9.17) is 4.52 Å². The van der Waals surface area contributed by atoms with E-state index in [-0.39, 0.29) is 22.5 Å². The third kappa shape index (κ3) is 3.01. The maximum absolute atomic E-state index is 14.4. The van der Waals surface area contributed by atoms with Crippen LogP contribution in [0.1, 0.15) is 34.4 Å². The van der Waals surface area contributed by atoms with Gasteiger partial charge in [-0.2, -0.15) is 13.2 Å². The molecule has 3 heterocycles. The predicted octanol–water partition coefficient (Wildman–Crippen LogP) is 4.28. The molecule has 1 aromatic heterocycles. The van der Waals surface area contributed by atoms with E-state index in [1.807, 2.05) is 0 Å². The number of alkyl halides is 3. The zero-order valence-corrected chi connectivity index (χ0v) is 17.4. The number of nitrogens with zero attached hydrogens (tertiary/aromatic N) is 2. The van der Waals surface area contributed by atoms with Gasteiger partial charge >= 0.3 is 11.9 Å². The van der Waals surface area contributed by atoms with Gasteiger partial charge in [-0.15, -0.1) is 0 Å². The number of hydrogen-bond acceptors (Lipinski definition) is 6. The average Bonchev–Trinajstić information content (AvgIpc) is 3.40. The molecule has 34 heavy (non-hydrogen) atoms. The minimum absolute atomic E-state index is 0.0998. The van der Waals surface area contributed by atoms with Crippen molar-refractivity contribution >= 4 is 17.3 Å². The summed E-state index contributed by atoms with van der Waals surface area (Å²) < 4.78 is 62.7. The van der Waals surface area contributed by atoms with Crippen LogP contribution in [0.5, 0.6) is 0 Å². The molecule has 176 valence electrons. The molecule has 0 aliphatic carbocycles. The molecule has 12 heteroatoms. The zero-order valence-electron chi connectivity index (χ0n) is 17.4. The first-order chi connectivity index (χ1) is 16.1. The molecule has 2 N–H and O–H groups in total. The monoisotopic (exact) mass is 476 g/mol. The molecular formula is C22H16F4N4O4. The van der Waals surface area contributed by atoms with E-state index < -0.39 is 57.7 Å². The van der Waals surface area contributed by atoms with Crippen LogP contribution >= 0.6 is 0 Å². The lowest BCUT2D eigenvalue weighted by Gasteiger charge is -2.29. The van der Waals surface area contributed by atoms with Gasteiger partial charge in [0.15, 0.2) is 5.69 Å². The first-order valence-corrected chi connectivity index (χ1v) is 10.2. The summed E-state index contributed by atoms with van der Waals surface area (Å²) in [5.41, 5.74) is -2.56. The number of nitro groups is 1. The number of carbonyl (C=O) groups excluding carboxylic acids is 1. The summed E-state index contributed by atoms with van der Waals surface area (Å²) in [6.45, 7) is 1.28. The Bertz CT molecular complexity index is 1320. The standard InChI is InChI=1S/C22H16F4N4O4/c1-10-17(30(32)33)18(34-29-10)16-15(11-5-4-6-12(23)9-11)19(22(24,25)26)28-21(16)13-7-2-3-8-14(13)27-20(21)31/h2-9,15-16,19,28H,1H3,(H,27,31)/t15-,16+,19-,21-/m1/s1. The van der Waals surface area contributed by atoms with Gasteiger partial charge in [0.1, 0.15) is 17.4 Å². The Labute approximate surface area is 189 Å². The minimum Gasteiger partial charge on any atom is -0.353 e. The van der Waals surface area contributed by atoms with Gasteiger partial charge in [-0.3, -0.25) is 20.2 Å². The van der Waals surface area contributed by atoms with Crippen LogP contribution in [0.2, 0.25) is 0 Å². The highest BCUT2D eigenvalue weighted by atomic mass is 19.4. The molecule has 0 radical (unpaired) electrons. The lowest BCUT2D eigenvalue weighted by Crippen LogP contribution is -2.52. The summed E-state index contributed by atoms with van der Waals surface area (Å²) in [4.78, 5) is 24.5. The lowest BCUT2D eigenvalue weighted by molar-refractivity contribution is -0.386. The fourth-order valence-electron chi connectivity index (χ4n) is 5.17. The van der Waals surface area contributed by atoms with Gasteiger partial charge < -0.3 is 9.84 Å². The maximum Gasteiger partial charge on any atom is 0.404 e. The Kier molecular flexibility index (Phi) is 4.76. The predicted molar refractivity (Wildman–Crippen MR) is 110 cm³/mol. The van der Waals surface area contributed by atoms with Crippen molar-refractivity contribution in [1.82, 2.24) is 10.5 Å². The van der Waals surface area contributed by atoms with E-state index in [1.54, 1.807) is 6.07 Å². The van der Waals surface area contributed by atoms with E-state index in [2.05, 4.69) is 15.8 Å². The summed E-state index contributed by atoms with van der Waals surface area (Å²) in [6, 6.07) is 8.26. The first-order valence-electron chi connectivity index (χ1n) is 10.2. The number of nitrogens with one attached hydrogen (secondary N) is 2. The van der Waals surface area contributed by atoms with Crippen LogP contribution in [-0.2, 0) is 10.3 Å². The van der Waals surface area contributed by atoms with Crippen LogP contribution < -0.4 is 10.6 Å². The molecule has 2 aromatic carbocycles. The second-order valence-corrected chi connectivity index (χ2v) is 8.27. The number of carbonyl (C=O) groups is 1. The van der Waals surface area contributed by atoms with Crippen LogP contribution in [0, 0.1) is 22.9 Å². The Balaban J connectivity index is 1.86. The van der Waals surface area contributed by atoms with Crippen molar-refractivity contribution in [3.8, 4) is 0 Å². The van der Waals surface area contributed by atoms with Gasteiger partial charge in [0, 0.05) is 17.2 Å². The van der Waals surface area contributed by atoms with Crippen LogP contribution in [0.25, 0.3) is 0 Å². The molecule has 1 spiro atoms. The van der Waals surface area contributed by atoms with Crippen molar-refractivity contribution < 1.29 is 31.8 Å². The fraction of sp³-hybridized carbons (Fsp3) is 0.273. The van der Waals surface area contributed by atoms with Crippen molar-refractivity contribution in [3.63, 3.8) is 0 Å². The fourth-order valence-corrected chi connectivity index (χ4v) is 5.17. The van der Waals surface area contributed by atoms with Crippen molar-refractivity contribution in [1.29, 1.82) is 0 Å². The molecule has 0 saturated carbocycles. The summed E-state index contributed by atoms with van der Waals surface area (Å²) in [5.74, 6) is -5.36. The third-order valence-electron chi connectivity index (χ3n) is 6.43. The minimum atomic E-state index is -4.90. The number of para-hydroxylation sites is 1. The van der Waals surface area contributed by atoms with Gasteiger partial charge in [0.05, 0.1) is 10.8 Å². The highest BCUT2D eigenvalue weighted by Gasteiger charge is 2.69. The van der Waals surface area contributed by atoms with Gasteiger partial charge in [-0.05, 0) is 30.7 Å². The number of fused-ring (bicyclic) bond motifs is 2. The topological polar surface area (TPSA) is 110 Å². The Morgan fingerprint density at radius 2 is 1.91 bits per heavy atom. The molecule has 0 bridgehead atoms. The molecule has 1 fully saturated rings. The van der Waals surface area contributed by atoms with Crippen LogP contribution in [0.15, 0.2) is 53.1 Å². The van der Waals surface area contributed by atoms with E-state index in [0.29, 0.717) is 0 Å². The number of rotatable bonds is 3. The number of amides is 1. The van der Waals surface area contributed by atoms with E-state index in [9.17, 15) is 32.5 Å². The van der Waals surface area contributed by atoms with Gasteiger partial charge in [-0.25, -0.2) is 4.39 Å². The quantitative estimate of drug-likeness (QED) is 0.332. The Morgan fingerprint density at radius 1 is 1.18 bits per heavy atom. The molecule has 8 nitrogen and oxygen atoms in total. The van der Waals surface area contributed by atoms with Gasteiger partial charge in [-0.1, -0.05) is 35.5 Å². The smallest absolute Gasteiger partial charge is 0.353 e. The molecule has 2 aliphatic heterocycles. The molecule has 4 atom stereocenters. The normalized spacial score (nSPS) is 26.0. The number of benzene rings is 2. The maximum atomic E-state index is 14.4. The summed E-state index contributed by atoms with van der Waals surface area (Å²) in [6.07, 6.45) is -4.90. The molecular weight excluding hydrogens is 460 g/mol. The zero-order chi connectivity index (χ0) is 24.4. The number of aromatic nitrogens is 1. The molecule has 1 saturated heterocycles. The molecule has 5 rings (SSSR count). The number of hydrogen-bond donors (Lipinski definition) is 2. The van der Waals surface area contributed by atoms with E-state index >= 15 is 0 Å². The first kappa shape index (κ1) is 22.0. The second kappa shape index (κ2) is 7.35. The van der Waals surface area contributed by atoms with Gasteiger partial charge in [0.25, 0.3) is 0 Å². The summed E-state index contributed by atoms with van der Waals surface area (Å²) >= 11 is 0. The highest BCUT2D eigenvalue weighted by molar-refractivity contribution is 6.07. The largest absolute Gasteiger partial charge is 0.404 e. The van der Waals surface area contributed by atoms with Crippen molar-refractivity contribution in [2.45, 2.75) is 36.5 Å². The molecule has 1 amide bonds. The van der Waals surface area contributed by atoms with Gasteiger partial charge in [0.2, 0.25) is 11.7 Å². The number of anilines is 1. The van der Waals surface area contributed by atoms with E-state index in [0.717, 1.165) is 12.1 Å². The summed E-state index contributed by atoms with van der Waals surface area (Å²) in [7, 11) is 0. The van der Waals surface area contributed by atoms with Crippen molar-refractivity contribution in [2.24, 2.45) is 0 Å². The average molecular weight is 476 g/mol.